The SMILES string of the molecule is CCc1ccc(Oc2ncccc2[C@H](C)O)c(OC)c1. The minimum atomic E-state index is -0.639. The quantitative estimate of drug-likeness (QED) is 0.906. The molecule has 0 saturated heterocycles. The average Bonchev–Trinajstić information content (AvgIpc) is 2.48. The van der Waals surface area contributed by atoms with Crippen LogP contribution in [0.3, 0.4) is 0 Å². The number of pyridine rings is 1. The van der Waals surface area contributed by atoms with Gasteiger partial charge in [-0.1, -0.05) is 13.0 Å². The van der Waals surface area contributed by atoms with Crippen LogP contribution in [-0.4, -0.2) is 17.2 Å². The van der Waals surface area contributed by atoms with Crippen LogP contribution >= 0.6 is 0 Å². The highest BCUT2D eigenvalue weighted by Crippen LogP contribution is 2.34. The second-order valence-electron chi connectivity index (χ2n) is 4.51. The minimum Gasteiger partial charge on any atom is -0.493 e. The number of rotatable bonds is 5. The second kappa shape index (κ2) is 6.39. The standard InChI is InChI=1S/C16H19NO3/c1-4-12-7-8-14(15(10-12)19-3)20-16-13(11(2)18)6-5-9-17-16/h5-11,18H,4H2,1-3H3/t11-/m0/s1. The molecule has 4 nitrogen and oxygen atoms in total. The van der Waals surface area contributed by atoms with E-state index in [1.54, 1.807) is 32.4 Å². The summed E-state index contributed by atoms with van der Waals surface area (Å²) >= 11 is 0. The maximum atomic E-state index is 9.74. The zero-order chi connectivity index (χ0) is 14.5. The van der Waals surface area contributed by atoms with Crippen molar-refractivity contribution < 1.29 is 14.6 Å². The smallest absolute Gasteiger partial charge is 0.225 e. The molecule has 0 bridgehead atoms. The first-order valence-corrected chi connectivity index (χ1v) is 6.63. The van der Waals surface area contributed by atoms with Gasteiger partial charge in [-0.3, -0.25) is 0 Å². The maximum absolute atomic E-state index is 9.74. The molecule has 4 heteroatoms. The molecule has 1 aromatic heterocycles. The Morgan fingerprint density at radius 3 is 2.70 bits per heavy atom. The molecule has 2 rings (SSSR count). The lowest BCUT2D eigenvalue weighted by Crippen LogP contribution is -1.99. The number of hydrogen-bond donors (Lipinski definition) is 1. The first kappa shape index (κ1) is 14.3. The third-order valence-corrected chi connectivity index (χ3v) is 3.09. The molecule has 1 aromatic carbocycles. The Morgan fingerprint density at radius 2 is 2.05 bits per heavy atom. The predicted octanol–water partition coefficient (Wildman–Crippen LogP) is 3.50. The minimum absolute atomic E-state index is 0.394. The van der Waals surface area contributed by atoms with Crippen molar-refractivity contribution in [3.8, 4) is 17.4 Å². The molecule has 0 aliphatic heterocycles. The number of hydrogen-bond acceptors (Lipinski definition) is 4. The molecule has 0 amide bonds. The van der Waals surface area contributed by atoms with Gasteiger partial charge in [-0.05, 0) is 43.2 Å². The molecule has 0 saturated carbocycles. The Kier molecular flexibility index (Phi) is 4.58. The van der Waals surface area contributed by atoms with Crippen LogP contribution in [0.15, 0.2) is 36.5 Å². The van der Waals surface area contributed by atoms with E-state index in [1.165, 1.54) is 5.56 Å². The zero-order valence-corrected chi connectivity index (χ0v) is 12.0. The number of benzene rings is 1. The molecular weight excluding hydrogens is 254 g/mol. The summed E-state index contributed by atoms with van der Waals surface area (Å²) in [7, 11) is 1.61. The van der Waals surface area contributed by atoms with E-state index >= 15 is 0 Å². The largest absolute Gasteiger partial charge is 0.493 e. The third kappa shape index (κ3) is 3.08. The van der Waals surface area contributed by atoms with Gasteiger partial charge in [0.2, 0.25) is 5.88 Å². The highest BCUT2D eigenvalue weighted by Gasteiger charge is 2.13. The van der Waals surface area contributed by atoms with Gasteiger partial charge in [-0.25, -0.2) is 4.98 Å². The summed E-state index contributed by atoms with van der Waals surface area (Å²) in [6, 6.07) is 9.35. The molecule has 1 heterocycles. The van der Waals surface area contributed by atoms with Crippen molar-refractivity contribution in [1.82, 2.24) is 4.98 Å². The van der Waals surface area contributed by atoms with Gasteiger partial charge in [-0.2, -0.15) is 0 Å². The van der Waals surface area contributed by atoms with E-state index in [-0.39, 0.29) is 0 Å². The van der Waals surface area contributed by atoms with E-state index in [0.717, 1.165) is 6.42 Å². The molecule has 2 aromatic rings. The van der Waals surface area contributed by atoms with Crippen LogP contribution in [0.5, 0.6) is 17.4 Å². The van der Waals surface area contributed by atoms with Crippen molar-refractivity contribution in [3.63, 3.8) is 0 Å². The highest BCUT2D eigenvalue weighted by atomic mass is 16.5. The first-order chi connectivity index (χ1) is 9.65. The molecule has 1 N–H and O–H groups in total. The van der Waals surface area contributed by atoms with E-state index in [4.69, 9.17) is 9.47 Å². The first-order valence-electron chi connectivity index (χ1n) is 6.63. The molecular formula is C16H19NO3. The Hall–Kier alpha value is -2.07. The predicted molar refractivity (Wildman–Crippen MR) is 77.3 cm³/mol. The number of methoxy groups -OCH3 is 1. The van der Waals surface area contributed by atoms with Gasteiger partial charge in [-0.15, -0.1) is 0 Å². The topological polar surface area (TPSA) is 51.6 Å². The number of aliphatic hydroxyl groups is 1. The van der Waals surface area contributed by atoms with E-state index in [0.29, 0.717) is 22.9 Å². The summed E-state index contributed by atoms with van der Waals surface area (Å²) in [6.07, 6.45) is 1.92. The van der Waals surface area contributed by atoms with Crippen LogP contribution in [0.2, 0.25) is 0 Å². The lowest BCUT2D eigenvalue weighted by molar-refractivity contribution is 0.194. The fraction of sp³-hybridized carbons (Fsp3) is 0.312. The van der Waals surface area contributed by atoms with Gasteiger partial charge < -0.3 is 14.6 Å². The third-order valence-electron chi connectivity index (χ3n) is 3.09. The van der Waals surface area contributed by atoms with E-state index in [9.17, 15) is 5.11 Å². The van der Waals surface area contributed by atoms with Crippen molar-refractivity contribution in [3.05, 3.63) is 47.7 Å². The van der Waals surface area contributed by atoms with Crippen LogP contribution in [-0.2, 0) is 6.42 Å². The van der Waals surface area contributed by atoms with Crippen LogP contribution in [0.25, 0.3) is 0 Å². The van der Waals surface area contributed by atoms with Gasteiger partial charge in [0.25, 0.3) is 0 Å². The van der Waals surface area contributed by atoms with Crippen LogP contribution in [0, 0.1) is 0 Å². The molecule has 0 radical (unpaired) electrons. The maximum Gasteiger partial charge on any atom is 0.225 e. The van der Waals surface area contributed by atoms with Crippen molar-refractivity contribution in [1.29, 1.82) is 0 Å². The van der Waals surface area contributed by atoms with Crippen LogP contribution < -0.4 is 9.47 Å². The van der Waals surface area contributed by atoms with Gasteiger partial charge in [0.1, 0.15) is 0 Å². The molecule has 106 valence electrons. The van der Waals surface area contributed by atoms with Crippen LogP contribution in [0.4, 0.5) is 0 Å². The molecule has 0 fully saturated rings. The molecule has 1 atom stereocenters. The van der Waals surface area contributed by atoms with Crippen molar-refractivity contribution in [2.24, 2.45) is 0 Å². The monoisotopic (exact) mass is 273 g/mol. The Morgan fingerprint density at radius 1 is 1.25 bits per heavy atom. The van der Waals surface area contributed by atoms with E-state index in [2.05, 4.69) is 11.9 Å². The van der Waals surface area contributed by atoms with Gasteiger partial charge in [0.15, 0.2) is 11.5 Å². The summed E-state index contributed by atoms with van der Waals surface area (Å²) in [5.74, 6) is 1.64. The number of ether oxygens (including phenoxy) is 2. The molecule has 0 aliphatic rings. The van der Waals surface area contributed by atoms with Crippen LogP contribution in [0.1, 0.15) is 31.1 Å². The van der Waals surface area contributed by atoms with E-state index < -0.39 is 6.10 Å². The number of aryl methyl sites for hydroxylation is 1. The molecule has 0 aliphatic carbocycles. The average molecular weight is 273 g/mol. The van der Waals surface area contributed by atoms with Gasteiger partial charge >= 0.3 is 0 Å². The Bertz CT molecular complexity index is 582. The summed E-state index contributed by atoms with van der Waals surface area (Å²) < 4.78 is 11.1. The van der Waals surface area contributed by atoms with Crippen molar-refractivity contribution in [2.75, 3.05) is 7.11 Å². The summed E-state index contributed by atoms with van der Waals surface area (Å²) in [5, 5.41) is 9.74. The number of aliphatic hydroxyl groups excluding tert-OH is 1. The van der Waals surface area contributed by atoms with Gasteiger partial charge in [0, 0.05) is 11.8 Å². The summed E-state index contributed by atoms with van der Waals surface area (Å²) in [4.78, 5) is 4.18. The zero-order valence-electron chi connectivity index (χ0n) is 12.0. The van der Waals surface area contributed by atoms with Crippen molar-refractivity contribution in [2.45, 2.75) is 26.4 Å². The van der Waals surface area contributed by atoms with Gasteiger partial charge in [0.05, 0.1) is 13.2 Å². The normalized spacial score (nSPS) is 12.0. The number of nitrogens with zero attached hydrogens (tertiary/aromatic N) is 1. The lowest BCUT2D eigenvalue weighted by Gasteiger charge is -2.14. The molecule has 0 spiro atoms. The molecule has 0 unspecified atom stereocenters. The summed E-state index contributed by atoms with van der Waals surface area (Å²) in [6.45, 7) is 3.76. The van der Waals surface area contributed by atoms with E-state index in [1.807, 2.05) is 18.2 Å². The Labute approximate surface area is 119 Å². The fourth-order valence-electron chi connectivity index (χ4n) is 1.93. The fourth-order valence-corrected chi connectivity index (χ4v) is 1.93. The Balaban J connectivity index is 2.35. The number of aromatic nitrogens is 1. The second-order valence-corrected chi connectivity index (χ2v) is 4.51. The summed E-state index contributed by atoms with van der Waals surface area (Å²) in [5.41, 5.74) is 1.82. The van der Waals surface area contributed by atoms with Crippen molar-refractivity contribution >= 4 is 0 Å². The molecule has 20 heavy (non-hydrogen) atoms. The highest BCUT2D eigenvalue weighted by molar-refractivity contribution is 5.45. The lowest BCUT2D eigenvalue weighted by atomic mass is 10.1.